The van der Waals surface area contributed by atoms with E-state index in [1.165, 1.54) is 10.9 Å². The third kappa shape index (κ3) is 2.16. The quantitative estimate of drug-likeness (QED) is 0.255. The second kappa shape index (κ2) is 4.80. The standard InChI is InChI=1S/C10H14ClN5O5/c11-10(20)6-7(14-9(12)15-10)16(2-13-6)8-5(19)4(18)3(1-17)21-8/h2-5,8,17-20H,1H2,(H3,12,14,15)/t3-,4-,5-,8-,10?/m1/s1. The smallest absolute Gasteiger partial charge is 0.265 e. The largest absolute Gasteiger partial charge is 0.394 e. The van der Waals surface area contributed by atoms with Crippen LogP contribution >= 0.6 is 11.6 Å². The Hall–Kier alpha value is -1.43. The number of hydrogen-bond acceptors (Lipinski definition) is 9. The number of aliphatic hydroxyl groups is 4. The van der Waals surface area contributed by atoms with Crippen LogP contribution in [-0.2, 0) is 9.92 Å². The molecule has 0 bridgehead atoms. The first-order chi connectivity index (χ1) is 9.85. The van der Waals surface area contributed by atoms with Crippen molar-refractivity contribution in [3.63, 3.8) is 0 Å². The molecule has 2 aliphatic heterocycles. The van der Waals surface area contributed by atoms with Gasteiger partial charge in [-0.1, -0.05) is 11.6 Å². The van der Waals surface area contributed by atoms with Crippen LogP contribution in [0.25, 0.3) is 0 Å². The maximum Gasteiger partial charge on any atom is 0.265 e. The first kappa shape index (κ1) is 14.5. The van der Waals surface area contributed by atoms with Crippen molar-refractivity contribution < 1.29 is 25.2 Å². The van der Waals surface area contributed by atoms with Gasteiger partial charge in [-0.15, -0.1) is 0 Å². The molecule has 10 nitrogen and oxygen atoms in total. The second-order valence-electron chi connectivity index (χ2n) is 4.80. The van der Waals surface area contributed by atoms with Gasteiger partial charge in [-0.05, 0) is 0 Å². The zero-order valence-corrected chi connectivity index (χ0v) is 11.3. The fourth-order valence-corrected chi connectivity index (χ4v) is 2.60. The van der Waals surface area contributed by atoms with E-state index in [1.54, 1.807) is 0 Å². The summed E-state index contributed by atoms with van der Waals surface area (Å²) < 4.78 is 6.64. The number of halogens is 1. The summed E-state index contributed by atoms with van der Waals surface area (Å²) in [4.78, 5) is 7.88. The number of hydrogen-bond donors (Lipinski definition) is 6. The first-order valence-electron chi connectivity index (χ1n) is 6.08. The predicted octanol–water partition coefficient (Wildman–Crippen LogP) is -2.61. The average molecular weight is 320 g/mol. The molecule has 0 spiro atoms. The van der Waals surface area contributed by atoms with E-state index in [9.17, 15) is 15.3 Å². The highest BCUT2D eigenvalue weighted by molar-refractivity contribution is 6.24. The van der Waals surface area contributed by atoms with Crippen LogP contribution in [0.4, 0.5) is 5.82 Å². The Labute approximate surface area is 123 Å². The highest BCUT2D eigenvalue weighted by Gasteiger charge is 2.46. The number of ether oxygens (including phenoxy) is 1. The minimum atomic E-state index is -2.04. The Morgan fingerprint density at radius 3 is 2.81 bits per heavy atom. The number of alkyl halides is 1. The number of nitrogens with two attached hydrogens (primary N) is 1. The lowest BCUT2D eigenvalue weighted by Gasteiger charge is -2.26. The predicted molar refractivity (Wildman–Crippen MR) is 69.4 cm³/mol. The van der Waals surface area contributed by atoms with Crippen LogP contribution in [0.15, 0.2) is 11.3 Å². The van der Waals surface area contributed by atoms with Crippen molar-refractivity contribution in [1.29, 1.82) is 0 Å². The van der Waals surface area contributed by atoms with Gasteiger partial charge in [-0.25, -0.2) is 4.98 Å². The summed E-state index contributed by atoms with van der Waals surface area (Å²) in [6.07, 6.45) is -3.33. The van der Waals surface area contributed by atoms with E-state index in [0.29, 0.717) is 0 Å². The van der Waals surface area contributed by atoms with E-state index in [4.69, 9.17) is 27.2 Å². The Kier molecular flexibility index (Phi) is 3.31. The maximum atomic E-state index is 10.0. The van der Waals surface area contributed by atoms with Gasteiger partial charge < -0.3 is 36.2 Å². The molecule has 1 aromatic rings. The van der Waals surface area contributed by atoms with Crippen LogP contribution in [0.2, 0.25) is 0 Å². The second-order valence-corrected chi connectivity index (χ2v) is 5.34. The third-order valence-corrected chi connectivity index (χ3v) is 3.67. The zero-order chi connectivity index (χ0) is 15.4. The van der Waals surface area contributed by atoms with Crippen LogP contribution in [0, 0.1) is 0 Å². The molecule has 7 N–H and O–H groups in total. The van der Waals surface area contributed by atoms with Gasteiger partial charge >= 0.3 is 0 Å². The molecule has 0 amide bonds. The van der Waals surface area contributed by atoms with E-state index in [2.05, 4.69) is 15.3 Å². The normalized spacial score (nSPS) is 38.8. The highest BCUT2D eigenvalue weighted by atomic mass is 35.5. The van der Waals surface area contributed by atoms with Crippen molar-refractivity contribution >= 4 is 23.4 Å². The van der Waals surface area contributed by atoms with E-state index < -0.39 is 36.3 Å². The average Bonchev–Trinajstić information content (AvgIpc) is 2.93. The summed E-state index contributed by atoms with van der Waals surface area (Å²) in [5.74, 6) is -0.0629. The molecule has 0 radical (unpaired) electrons. The molecule has 1 unspecified atom stereocenters. The topological polar surface area (TPSA) is 158 Å². The highest BCUT2D eigenvalue weighted by Crippen LogP contribution is 2.38. The molecule has 3 heterocycles. The van der Waals surface area contributed by atoms with Gasteiger partial charge in [0, 0.05) is 0 Å². The number of imidazole rings is 1. The molecule has 21 heavy (non-hydrogen) atoms. The van der Waals surface area contributed by atoms with Crippen LogP contribution in [-0.4, -0.2) is 60.9 Å². The SMILES string of the molecule is NC1=Nc2c(ncn2[C@@H]2O[C@H](CO)[C@@H](O)[C@H]2O)C(O)(Cl)N1. The maximum absolute atomic E-state index is 10.0. The van der Waals surface area contributed by atoms with Crippen molar-refractivity contribution in [2.24, 2.45) is 10.7 Å². The van der Waals surface area contributed by atoms with Crippen molar-refractivity contribution in [3.8, 4) is 0 Å². The lowest BCUT2D eigenvalue weighted by atomic mass is 10.1. The molecule has 1 aromatic heterocycles. The molecule has 1 saturated heterocycles. The Morgan fingerprint density at radius 1 is 1.48 bits per heavy atom. The minimum absolute atomic E-state index is 0.0175. The number of aliphatic hydroxyl groups excluding tert-OH is 3. The van der Waals surface area contributed by atoms with Gasteiger partial charge in [0.1, 0.15) is 18.3 Å². The van der Waals surface area contributed by atoms with Crippen molar-refractivity contribution in [2.45, 2.75) is 29.7 Å². The summed E-state index contributed by atoms with van der Waals surface area (Å²) in [6.45, 7) is -0.460. The fraction of sp³-hybridized carbons (Fsp3) is 0.600. The minimum Gasteiger partial charge on any atom is -0.394 e. The van der Waals surface area contributed by atoms with Gasteiger partial charge in [0.15, 0.2) is 23.7 Å². The van der Waals surface area contributed by atoms with Crippen molar-refractivity contribution in [3.05, 3.63) is 12.0 Å². The molecule has 11 heteroatoms. The summed E-state index contributed by atoms with van der Waals surface area (Å²) in [7, 11) is 0. The number of aromatic nitrogens is 2. The van der Waals surface area contributed by atoms with Crippen LogP contribution < -0.4 is 11.1 Å². The molecule has 2 aliphatic rings. The third-order valence-electron chi connectivity index (χ3n) is 3.39. The molecule has 5 atom stereocenters. The van der Waals surface area contributed by atoms with Gasteiger partial charge in [0.05, 0.1) is 12.9 Å². The Morgan fingerprint density at radius 2 is 2.19 bits per heavy atom. The van der Waals surface area contributed by atoms with Crippen LogP contribution in [0.1, 0.15) is 11.9 Å². The molecular weight excluding hydrogens is 306 g/mol. The Bertz CT molecular complexity index is 590. The lowest BCUT2D eigenvalue weighted by Crippen LogP contribution is -2.47. The molecule has 0 aliphatic carbocycles. The van der Waals surface area contributed by atoms with Crippen LogP contribution in [0.5, 0.6) is 0 Å². The van der Waals surface area contributed by atoms with Crippen LogP contribution in [0.3, 0.4) is 0 Å². The number of nitrogens with zero attached hydrogens (tertiary/aromatic N) is 3. The summed E-state index contributed by atoms with van der Waals surface area (Å²) in [5, 5.41) is 39.2. The fourth-order valence-electron chi connectivity index (χ4n) is 2.37. The van der Waals surface area contributed by atoms with E-state index >= 15 is 0 Å². The van der Waals surface area contributed by atoms with Gasteiger partial charge in [0.2, 0.25) is 0 Å². The number of nitrogens with one attached hydrogen (secondary N) is 1. The summed E-state index contributed by atoms with van der Waals surface area (Å²) in [5.41, 5.74) is 5.51. The van der Waals surface area contributed by atoms with Crippen molar-refractivity contribution in [1.82, 2.24) is 14.9 Å². The van der Waals surface area contributed by atoms with Crippen molar-refractivity contribution in [2.75, 3.05) is 6.61 Å². The molecular formula is C10H14ClN5O5. The number of aliphatic imine (C=N–C) groups is 1. The molecule has 3 rings (SSSR count). The number of fused-ring (bicyclic) bond motifs is 1. The van der Waals surface area contributed by atoms with E-state index in [-0.39, 0.29) is 17.5 Å². The monoisotopic (exact) mass is 319 g/mol. The zero-order valence-electron chi connectivity index (χ0n) is 10.6. The van der Waals surface area contributed by atoms with E-state index in [1.807, 2.05) is 0 Å². The molecule has 0 saturated carbocycles. The Balaban J connectivity index is 2.01. The lowest BCUT2D eigenvalue weighted by molar-refractivity contribution is -0.0521. The molecule has 116 valence electrons. The van der Waals surface area contributed by atoms with Gasteiger partial charge in [0.25, 0.3) is 5.18 Å². The molecule has 0 aromatic carbocycles. The number of rotatable bonds is 2. The van der Waals surface area contributed by atoms with Gasteiger partial charge in [-0.2, -0.15) is 4.99 Å². The summed E-state index contributed by atoms with van der Waals surface area (Å²) in [6, 6.07) is 0. The number of guanidine groups is 1. The van der Waals surface area contributed by atoms with Gasteiger partial charge in [-0.3, -0.25) is 4.57 Å². The van der Waals surface area contributed by atoms with E-state index in [0.717, 1.165) is 0 Å². The first-order valence-corrected chi connectivity index (χ1v) is 6.46. The summed E-state index contributed by atoms with van der Waals surface area (Å²) >= 11 is 5.85. The molecule has 1 fully saturated rings.